The maximum absolute atomic E-state index is 6.07. The minimum Gasteiger partial charge on any atom is -0.383 e. The molecule has 0 unspecified atom stereocenters. The molecule has 1 aromatic carbocycles. The van der Waals surface area contributed by atoms with Crippen molar-refractivity contribution in [3.8, 4) is 0 Å². The number of aromatic nitrogens is 4. The first-order valence-electron chi connectivity index (χ1n) is 8.15. The van der Waals surface area contributed by atoms with Crippen LogP contribution in [0.5, 0.6) is 0 Å². The Hall–Kier alpha value is -2.51. The van der Waals surface area contributed by atoms with Crippen molar-refractivity contribution in [2.45, 2.75) is 6.54 Å². The van der Waals surface area contributed by atoms with Crippen LogP contribution in [0.3, 0.4) is 0 Å². The van der Waals surface area contributed by atoms with Gasteiger partial charge in [0, 0.05) is 31.6 Å². The number of nitrogens with two attached hydrogens (primary N) is 1. The lowest BCUT2D eigenvalue weighted by Crippen LogP contribution is -2.46. The molecule has 0 radical (unpaired) electrons. The molecule has 1 fully saturated rings. The quantitative estimate of drug-likeness (QED) is 0.768. The number of hydrogen-bond donors (Lipinski definition) is 1. The fourth-order valence-corrected chi connectivity index (χ4v) is 3.18. The third kappa shape index (κ3) is 3.47. The molecule has 128 valence electrons. The van der Waals surface area contributed by atoms with E-state index in [-0.39, 0.29) is 0 Å². The Kier molecular flexibility index (Phi) is 4.33. The van der Waals surface area contributed by atoms with E-state index in [9.17, 15) is 0 Å². The summed E-state index contributed by atoms with van der Waals surface area (Å²) in [6.45, 7) is 4.19. The van der Waals surface area contributed by atoms with E-state index in [0.717, 1.165) is 48.7 Å². The van der Waals surface area contributed by atoms with Gasteiger partial charge in [0.1, 0.15) is 22.6 Å². The SMILES string of the molecule is Nc1nc(CN2CCN(c3cncc(Cl)n3)CC2)nc2ccccc12. The fourth-order valence-electron chi connectivity index (χ4n) is 3.04. The van der Waals surface area contributed by atoms with Crippen molar-refractivity contribution in [3.63, 3.8) is 0 Å². The lowest BCUT2D eigenvalue weighted by molar-refractivity contribution is 0.244. The molecular weight excluding hydrogens is 338 g/mol. The van der Waals surface area contributed by atoms with E-state index >= 15 is 0 Å². The van der Waals surface area contributed by atoms with E-state index in [4.69, 9.17) is 17.3 Å². The van der Waals surface area contributed by atoms with Gasteiger partial charge < -0.3 is 10.6 Å². The Morgan fingerprint density at radius 1 is 1.00 bits per heavy atom. The second-order valence-corrected chi connectivity index (χ2v) is 6.39. The molecule has 3 aromatic rings. The van der Waals surface area contributed by atoms with Gasteiger partial charge in [0.25, 0.3) is 0 Å². The number of nitrogen functional groups attached to an aromatic ring is 1. The van der Waals surface area contributed by atoms with E-state index < -0.39 is 0 Å². The van der Waals surface area contributed by atoms with Gasteiger partial charge in [0.2, 0.25) is 0 Å². The molecule has 7 nitrogen and oxygen atoms in total. The highest BCUT2D eigenvalue weighted by atomic mass is 35.5. The summed E-state index contributed by atoms with van der Waals surface area (Å²) in [5, 5.41) is 1.32. The van der Waals surface area contributed by atoms with Crippen LogP contribution >= 0.6 is 11.6 Å². The number of hydrogen-bond acceptors (Lipinski definition) is 7. The molecule has 0 aliphatic carbocycles. The third-order valence-corrected chi connectivity index (χ3v) is 4.51. The number of rotatable bonds is 3. The topological polar surface area (TPSA) is 84.1 Å². The van der Waals surface area contributed by atoms with Crippen LogP contribution in [0.2, 0.25) is 5.15 Å². The molecule has 1 saturated heterocycles. The number of benzene rings is 1. The maximum atomic E-state index is 6.07. The second kappa shape index (κ2) is 6.78. The minimum absolute atomic E-state index is 0.417. The average Bonchev–Trinajstić information content (AvgIpc) is 2.62. The summed E-state index contributed by atoms with van der Waals surface area (Å²) in [5.41, 5.74) is 6.96. The second-order valence-electron chi connectivity index (χ2n) is 6.01. The lowest BCUT2D eigenvalue weighted by Gasteiger charge is -2.34. The first-order chi connectivity index (χ1) is 12.2. The summed E-state index contributed by atoms with van der Waals surface area (Å²) in [4.78, 5) is 22.0. The van der Waals surface area contributed by atoms with Crippen molar-refractivity contribution in [1.29, 1.82) is 0 Å². The summed E-state index contributed by atoms with van der Waals surface area (Å²) in [6.07, 6.45) is 3.29. The zero-order chi connectivity index (χ0) is 17.2. The highest BCUT2D eigenvalue weighted by Crippen LogP contribution is 2.19. The van der Waals surface area contributed by atoms with Crippen LogP contribution in [0, 0.1) is 0 Å². The van der Waals surface area contributed by atoms with E-state index in [0.29, 0.717) is 17.5 Å². The van der Waals surface area contributed by atoms with Crippen LogP contribution in [-0.4, -0.2) is 51.0 Å². The van der Waals surface area contributed by atoms with Gasteiger partial charge in [0.15, 0.2) is 0 Å². The molecule has 0 spiro atoms. The molecule has 1 aliphatic heterocycles. The maximum Gasteiger partial charge on any atom is 0.149 e. The van der Waals surface area contributed by atoms with Crippen molar-refractivity contribution in [2.75, 3.05) is 36.8 Å². The Balaban J connectivity index is 1.43. The van der Waals surface area contributed by atoms with Gasteiger partial charge in [0.05, 0.1) is 24.5 Å². The number of nitrogens with zero attached hydrogens (tertiary/aromatic N) is 6. The standard InChI is InChI=1S/C17H18ClN7/c18-14-9-20-10-16(22-14)25-7-5-24(6-8-25)11-15-21-13-4-2-1-3-12(13)17(19)23-15/h1-4,9-10H,5-8,11H2,(H2,19,21,23). The fraction of sp³-hybridized carbons (Fsp3) is 0.294. The molecule has 1 aliphatic rings. The van der Waals surface area contributed by atoms with Crippen molar-refractivity contribution in [1.82, 2.24) is 24.8 Å². The van der Waals surface area contributed by atoms with Crippen molar-refractivity contribution < 1.29 is 0 Å². The monoisotopic (exact) mass is 355 g/mol. The van der Waals surface area contributed by atoms with Gasteiger partial charge in [-0.05, 0) is 12.1 Å². The summed E-state index contributed by atoms with van der Waals surface area (Å²) >= 11 is 5.92. The van der Waals surface area contributed by atoms with Gasteiger partial charge >= 0.3 is 0 Å². The molecule has 8 heteroatoms. The zero-order valence-corrected chi connectivity index (χ0v) is 14.4. The van der Waals surface area contributed by atoms with Crippen LogP contribution < -0.4 is 10.6 Å². The lowest BCUT2D eigenvalue weighted by atomic mass is 10.2. The highest BCUT2D eigenvalue weighted by molar-refractivity contribution is 6.29. The van der Waals surface area contributed by atoms with Gasteiger partial charge in [-0.1, -0.05) is 23.7 Å². The molecule has 0 bridgehead atoms. The largest absolute Gasteiger partial charge is 0.383 e. The molecule has 2 N–H and O–H groups in total. The normalized spacial score (nSPS) is 15.6. The summed E-state index contributed by atoms with van der Waals surface area (Å²) in [7, 11) is 0. The van der Waals surface area contributed by atoms with Crippen LogP contribution in [-0.2, 0) is 6.54 Å². The van der Waals surface area contributed by atoms with Crippen molar-refractivity contribution >= 4 is 34.1 Å². The minimum atomic E-state index is 0.417. The van der Waals surface area contributed by atoms with E-state index in [1.807, 2.05) is 24.3 Å². The Morgan fingerprint density at radius 3 is 2.60 bits per heavy atom. The van der Waals surface area contributed by atoms with Crippen molar-refractivity contribution in [2.24, 2.45) is 0 Å². The van der Waals surface area contributed by atoms with Gasteiger partial charge in [-0.2, -0.15) is 0 Å². The number of fused-ring (bicyclic) bond motifs is 1. The molecule has 4 rings (SSSR count). The Labute approximate surface area is 150 Å². The molecule has 2 aromatic heterocycles. The first-order valence-corrected chi connectivity index (χ1v) is 8.53. The van der Waals surface area contributed by atoms with Gasteiger partial charge in [-0.25, -0.2) is 15.0 Å². The summed E-state index contributed by atoms with van der Waals surface area (Å²) < 4.78 is 0. The number of para-hydroxylation sites is 1. The Bertz CT molecular complexity index is 893. The molecule has 0 atom stereocenters. The smallest absolute Gasteiger partial charge is 0.149 e. The number of piperazine rings is 1. The average molecular weight is 356 g/mol. The predicted molar refractivity (Wildman–Crippen MR) is 98.5 cm³/mol. The molecule has 0 amide bonds. The molecule has 3 heterocycles. The number of halogens is 1. The number of anilines is 2. The third-order valence-electron chi connectivity index (χ3n) is 4.33. The van der Waals surface area contributed by atoms with E-state index in [1.54, 1.807) is 12.4 Å². The van der Waals surface area contributed by atoms with Gasteiger partial charge in [-0.15, -0.1) is 0 Å². The first kappa shape index (κ1) is 16.0. The van der Waals surface area contributed by atoms with Crippen molar-refractivity contribution in [3.05, 3.63) is 47.6 Å². The molecule has 0 saturated carbocycles. The highest BCUT2D eigenvalue weighted by Gasteiger charge is 2.19. The Morgan fingerprint density at radius 2 is 1.80 bits per heavy atom. The summed E-state index contributed by atoms with van der Waals surface area (Å²) in [6, 6.07) is 7.81. The van der Waals surface area contributed by atoms with Crippen LogP contribution in [0.25, 0.3) is 10.9 Å². The zero-order valence-electron chi connectivity index (χ0n) is 13.6. The van der Waals surface area contributed by atoms with Crippen LogP contribution in [0.1, 0.15) is 5.82 Å². The van der Waals surface area contributed by atoms with E-state index in [1.165, 1.54) is 0 Å². The predicted octanol–water partition coefficient (Wildman–Crippen LogP) is 1.98. The summed E-state index contributed by atoms with van der Waals surface area (Å²) in [5.74, 6) is 2.11. The van der Waals surface area contributed by atoms with E-state index in [2.05, 4.69) is 29.7 Å². The van der Waals surface area contributed by atoms with Crippen LogP contribution in [0.4, 0.5) is 11.6 Å². The molecule has 25 heavy (non-hydrogen) atoms. The van der Waals surface area contributed by atoms with Gasteiger partial charge in [-0.3, -0.25) is 9.88 Å². The van der Waals surface area contributed by atoms with Crippen LogP contribution in [0.15, 0.2) is 36.7 Å². The molecular formula is C17H18ClN7.